The van der Waals surface area contributed by atoms with Gasteiger partial charge in [-0.3, -0.25) is 14.4 Å². The highest BCUT2D eigenvalue weighted by Gasteiger charge is 2.39. The molecule has 39 heavy (non-hydrogen) atoms. The van der Waals surface area contributed by atoms with Gasteiger partial charge in [-0.1, -0.05) is 26.0 Å². The van der Waals surface area contributed by atoms with E-state index >= 15 is 0 Å². The molecular formula is C29H32FN7O2. The van der Waals surface area contributed by atoms with Crippen LogP contribution in [0, 0.1) is 11.7 Å². The van der Waals surface area contributed by atoms with Crippen LogP contribution < -0.4 is 5.32 Å². The Balaban J connectivity index is 1.19. The van der Waals surface area contributed by atoms with Crippen LogP contribution in [0.3, 0.4) is 0 Å². The van der Waals surface area contributed by atoms with Crippen LogP contribution in [0.4, 0.5) is 16.2 Å². The Morgan fingerprint density at radius 3 is 2.77 bits per heavy atom. The van der Waals surface area contributed by atoms with Gasteiger partial charge in [0.1, 0.15) is 11.5 Å². The largest absolute Gasteiger partial charge is 0.469 e. The second kappa shape index (κ2) is 10.00. The van der Waals surface area contributed by atoms with Gasteiger partial charge in [-0.05, 0) is 42.5 Å². The van der Waals surface area contributed by atoms with Crippen LogP contribution in [-0.4, -0.2) is 55.3 Å². The average Bonchev–Trinajstić information content (AvgIpc) is 3.24. The summed E-state index contributed by atoms with van der Waals surface area (Å²) in [6.07, 6.45) is 3.72. The number of esters is 1. The average molecular weight is 530 g/mol. The summed E-state index contributed by atoms with van der Waals surface area (Å²) in [6, 6.07) is 10.1. The number of nitrogens with one attached hydrogen (secondary N) is 1. The molecule has 0 amide bonds. The number of hydrogen-bond acceptors (Lipinski definition) is 8. The van der Waals surface area contributed by atoms with Crippen LogP contribution >= 0.6 is 0 Å². The van der Waals surface area contributed by atoms with Crippen molar-refractivity contribution >= 4 is 28.6 Å². The number of aryl methyl sites for hydroxylation is 1. The van der Waals surface area contributed by atoms with Gasteiger partial charge < -0.3 is 10.1 Å². The molecule has 3 aromatic heterocycles. The van der Waals surface area contributed by atoms with Crippen molar-refractivity contribution in [2.24, 2.45) is 13.0 Å². The topological polar surface area (TPSA) is 98.1 Å². The van der Waals surface area contributed by atoms with E-state index in [9.17, 15) is 9.18 Å². The number of aromatic nitrogens is 5. The molecule has 0 spiro atoms. The second-order valence-corrected chi connectivity index (χ2v) is 10.8. The minimum atomic E-state index is -0.487. The molecule has 0 saturated heterocycles. The Hall–Kier alpha value is -3.92. The van der Waals surface area contributed by atoms with Crippen molar-refractivity contribution < 1.29 is 13.9 Å². The third kappa shape index (κ3) is 4.73. The number of hydrogen-bond donors (Lipinski definition) is 1. The molecule has 1 saturated carbocycles. The number of nitrogens with zero attached hydrogens (tertiary/aromatic N) is 6. The normalized spacial score (nSPS) is 19.1. The highest BCUT2D eigenvalue weighted by Crippen LogP contribution is 2.35. The lowest BCUT2D eigenvalue weighted by molar-refractivity contribution is -0.151. The van der Waals surface area contributed by atoms with Gasteiger partial charge in [0.05, 0.1) is 24.7 Å². The van der Waals surface area contributed by atoms with E-state index in [2.05, 4.69) is 45.2 Å². The number of benzene rings is 1. The SMILES string of the molecule is COC(=O)C1CC(N2CCc3nc(Nc4ncc(F)c(-c5ccc6nn(C)c(C(C)C)c6c5)n4)ccc3C2)C1. The number of carbonyl (C=O) groups excluding carboxylic acids is 1. The smallest absolute Gasteiger partial charge is 0.308 e. The maximum absolute atomic E-state index is 14.9. The van der Waals surface area contributed by atoms with E-state index in [4.69, 9.17) is 9.72 Å². The number of pyridine rings is 1. The van der Waals surface area contributed by atoms with Gasteiger partial charge in [-0.25, -0.2) is 19.3 Å². The summed E-state index contributed by atoms with van der Waals surface area (Å²) in [5.41, 5.74) is 5.08. The first-order valence-electron chi connectivity index (χ1n) is 13.4. The van der Waals surface area contributed by atoms with Crippen LogP contribution in [0.5, 0.6) is 0 Å². The van der Waals surface area contributed by atoms with E-state index in [1.165, 1.54) is 18.9 Å². The first kappa shape index (κ1) is 25.4. The lowest BCUT2D eigenvalue weighted by Gasteiger charge is -2.43. The van der Waals surface area contributed by atoms with E-state index in [1.807, 2.05) is 36.0 Å². The quantitative estimate of drug-likeness (QED) is 0.358. The summed E-state index contributed by atoms with van der Waals surface area (Å²) in [6.45, 7) is 5.95. The first-order valence-corrected chi connectivity index (χ1v) is 13.4. The molecule has 1 aliphatic carbocycles. The van der Waals surface area contributed by atoms with E-state index in [0.29, 0.717) is 17.4 Å². The van der Waals surface area contributed by atoms with Gasteiger partial charge in [-0.15, -0.1) is 0 Å². The molecule has 1 N–H and O–H groups in total. The Labute approximate surface area is 226 Å². The molecule has 1 aliphatic heterocycles. The highest BCUT2D eigenvalue weighted by molar-refractivity contribution is 5.87. The highest BCUT2D eigenvalue weighted by atomic mass is 19.1. The van der Waals surface area contributed by atoms with Crippen LogP contribution in [0.25, 0.3) is 22.2 Å². The van der Waals surface area contributed by atoms with Gasteiger partial charge >= 0.3 is 5.97 Å². The summed E-state index contributed by atoms with van der Waals surface area (Å²) in [5.74, 6) is 0.614. The zero-order chi connectivity index (χ0) is 27.3. The summed E-state index contributed by atoms with van der Waals surface area (Å²) >= 11 is 0. The monoisotopic (exact) mass is 529 g/mol. The molecule has 202 valence electrons. The van der Waals surface area contributed by atoms with Gasteiger partial charge in [0.25, 0.3) is 0 Å². The van der Waals surface area contributed by atoms with Gasteiger partial charge in [-0.2, -0.15) is 5.10 Å². The van der Waals surface area contributed by atoms with Crippen molar-refractivity contribution in [2.45, 2.75) is 51.6 Å². The molecule has 4 aromatic rings. The zero-order valence-electron chi connectivity index (χ0n) is 22.6. The summed E-state index contributed by atoms with van der Waals surface area (Å²) < 4.78 is 21.6. The summed E-state index contributed by atoms with van der Waals surface area (Å²) in [5, 5.41) is 8.74. The second-order valence-electron chi connectivity index (χ2n) is 10.8. The Kier molecular flexibility index (Phi) is 6.50. The molecule has 10 heteroatoms. The molecule has 1 aromatic carbocycles. The molecule has 9 nitrogen and oxygen atoms in total. The Morgan fingerprint density at radius 2 is 2.00 bits per heavy atom. The molecule has 2 aliphatic rings. The first-order chi connectivity index (χ1) is 18.8. The molecule has 6 rings (SSSR count). The fourth-order valence-electron chi connectivity index (χ4n) is 5.86. The van der Waals surface area contributed by atoms with Gasteiger partial charge in [0, 0.05) is 54.9 Å². The van der Waals surface area contributed by atoms with Gasteiger partial charge in [0.15, 0.2) is 5.82 Å². The fraction of sp³-hybridized carbons (Fsp3) is 0.414. The molecule has 0 radical (unpaired) electrons. The number of methoxy groups -OCH3 is 1. The fourth-order valence-corrected chi connectivity index (χ4v) is 5.86. The van der Waals surface area contributed by atoms with Crippen LogP contribution in [-0.2, 0) is 29.5 Å². The maximum Gasteiger partial charge on any atom is 0.308 e. The maximum atomic E-state index is 14.9. The number of rotatable bonds is 6. The third-order valence-electron chi connectivity index (χ3n) is 7.92. The van der Waals surface area contributed by atoms with E-state index in [0.717, 1.165) is 54.6 Å². The Bertz CT molecular complexity index is 1560. The lowest BCUT2D eigenvalue weighted by atomic mass is 9.78. The standard InChI is InChI=1S/C29H32FN7O2/c1-16(2)27-21-13-17(5-7-24(21)35-36(27)3)26-22(30)14-31-29(34-26)33-25-8-6-18-15-37(10-9-23(18)32-25)20-11-19(12-20)28(38)39-4/h5-8,13-14,16,19-20H,9-12,15H2,1-4H3,(H,31,32,33,34). The third-order valence-corrected chi connectivity index (χ3v) is 7.92. The van der Waals surface area contributed by atoms with Crippen LogP contribution in [0.1, 0.15) is 49.6 Å². The number of anilines is 2. The van der Waals surface area contributed by atoms with Crippen molar-refractivity contribution in [2.75, 3.05) is 19.0 Å². The molecule has 0 atom stereocenters. The zero-order valence-corrected chi connectivity index (χ0v) is 22.6. The molecule has 0 bridgehead atoms. The Morgan fingerprint density at radius 1 is 1.18 bits per heavy atom. The van der Waals surface area contributed by atoms with Crippen molar-refractivity contribution in [1.29, 1.82) is 0 Å². The molecule has 1 fully saturated rings. The predicted molar refractivity (Wildman–Crippen MR) is 146 cm³/mol. The van der Waals surface area contributed by atoms with Crippen molar-refractivity contribution in [3.63, 3.8) is 0 Å². The number of fused-ring (bicyclic) bond motifs is 2. The van der Waals surface area contributed by atoms with Crippen molar-refractivity contribution in [1.82, 2.24) is 29.6 Å². The number of ether oxygens (including phenoxy) is 1. The van der Waals surface area contributed by atoms with Crippen molar-refractivity contribution in [3.8, 4) is 11.3 Å². The van der Waals surface area contributed by atoms with E-state index < -0.39 is 5.82 Å². The molecule has 4 heterocycles. The van der Waals surface area contributed by atoms with Crippen molar-refractivity contribution in [3.05, 3.63) is 59.3 Å². The van der Waals surface area contributed by atoms with Crippen LogP contribution in [0.15, 0.2) is 36.5 Å². The minimum Gasteiger partial charge on any atom is -0.469 e. The van der Waals surface area contributed by atoms with Crippen LogP contribution in [0.2, 0.25) is 0 Å². The van der Waals surface area contributed by atoms with Gasteiger partial charge in [0.2, 0.25) is 5.95 Å². The van der Waals surface area contributed by atoms with E-state index in [-0.39, 0.29) is 29.4 Å². The minimum absolute atomic E-state index is 0.0234. The summed E-state index contributed by atoms with van der Waals surface area (Å²) in [7, 11) is 3.38. The number of carbonyl (C=O) groups is 1. The van der Waals surface area contributed by atoms with E-state index in [1.54, 1.807) is 0 Å². The molecular weight excluding hydrogens is 497 g/mol. The lowest BCUT2D eigenvalue weighted by Crippen LogP contribution is -2.49. The number of halogens is 1. The summed E-state index contributed by atoms with van der Waals surface area (Å²) in [4.78, 5) is 27.6. The molecule has 0 unspecified atom stereocenters. The predicted octanol–water partition coefficient (Wildman–Crippen LogP) is 4.74.